The van der Waals surface area contributed by atoms with Gasteiger partial charge in [0.2, 0.25) is 0 Å². The van der Waals surface area contributed by atoms with Crippen LogP contribution >= 0.6 is 0 Å². The Morgan fingerprint density at radius 1 is 1.09 bits per heavy atom. The Morgan fingerprint density at radius 3 is 2.39 bits per heavy atom. The van der Waals surface area contributed by atoms with E-state index in [-0.39, 0.29) is 5.56 Å². The number of benzene rings is 2. The van der Waals surface area contributed by atoms with Crippen molar-refractivity contribution in [1.82, 2.24) is 0 Å². The van der Waals surface area contributed by atoms with Crippen LogP contribution in [0.4, 0.5) is 8.78 Å². The summed E-state index contributed by atoms with van der Waals surface area (Å²) in [5.74, 6) is -3.27. The summed E-state index contributed by atoms with van der Waals surface area (Å²) < 4.78 is 31.2. The Labute approximate surface area is 130 Å². The number of hydrogen-bond donors (Lipinski definition) is 0. The van der Waals surface area contributed by atoms with Gasteiger partial charge in [-0.2, -0.15) is 0 Å². The number of allylic oxidation sites excluding steroid dienone is 1. The summed E-state index contributed by atoms with van der Waals surface area (Å²) in [4.78, 5) is 22.1. The number of rotatable bonds is 6. The van der Waals surface area contributed by atoms with E-state index in [0.29, 0.717) is 17.4 Å². The summed E-state index contributed by atoms with van der Waals surface area (Å²) >= 11 is 0. The molecule has 0 aliphatic heterocycles. The first-order valence-electron chi connectivity index (χ1n) is 6.56. The van der Waals surface area contributed by atoms with Gasteiger partial charge in [0.15, 0.2) is 5.78 Å². The number of ketones is 1. The molecule has 2 rings (SSSR count). The van der Waals surface area contributed by atoms with Crippen LogP contribution in [-0.4, -0.2) is 18.4 Å². The number of carboxylic acid groups (broad SMARTS) is 1. The highest BCUT2D eigenvalue weighted by molar-refractivity contribution is 6.06. The number of carbonyl (C=O) groups is 2. The van der Waals surface area contributed by atoms with Gasteiger partial charge in [-0.15, -0.1) is 0 Å². The summed E-state index contributed by atoms with van der Waals surface area (Å²) in [5, 5.41) is 10.3. The highest BCUT2D eigenvalue weighted by Crippen LogP contribution is 2.15. The van der Waals surface area contributed by atoms with Gasteiger partial charge >= 0.3 is 0 Å². The third-order valence-corrected chi connectivity index (χ3v) is 2.86. The van der Waals surface area contributed by atoms with Gasteiger partial charge in [-0.3, -0.25) is 4.79 Å². The van der Waals surface area contributed by atoms with E-state index in [1.54, 1.807) is 12.1 Å². The van der Waals surface area contributed by atoms with Crippen LogP contribution in [0.5, 0.6) is 5.75 Å². The van der Waals surface area contributed by atoms with Crippen molar-refractivity contribution in [3.8, 4) is 5.75 Å². The maximum absolute atomic E-state index is 13.5. The van der Waals surface area contributed by atoms with Crippen molar-refractivity contribution in [2.75, 3.05) is 6.61 Å². The largest absolute Gasteiger partial charge is 0.546 e. The molecule has 4 nitrogen and oxygen atoms in total. The Kier molecular flexibility index (Phi) is 5.19. The summed E-state index contributed by atoms with van der Waals surface area (Å²) in [5.41, 5.74) is 0.401. The Bertz CT molecular complexity index is 752. The molecule has 118 valence electrons. The molecule has 0 amide bonds. The number of halogens is 2. The first-order valence-corrected chi connectivity index (χ1v) is 6.56. The van der Waals surface area contributed by atoms with E-state index in [4.69, 9.17) is 4.74 Å². The Hall–Kier alpha value is -3.02. The number of ether oxygens (including phenoxy) is 1. The van der Waals surface area contributed by atoms with E-state index >= 15 is 0 Å². The van der Waals surface area contributed by atoms with Crippen LogP contribution < -0.4 is 9.84 Å². The fourth-order valence-corrected chi connectivity index (χ4v) is 1.77. The molecule has 2 aromatic carbocycles. The van der Waals surface area contributed by atoms with Crippen LogP contribution in [-0.2, 0) is 4.79 Å². The molecule has 0 saturated carbocycles. The van der Waals surface area contributed by atoms with Gasteiger partial charge in [-0.05, 0) is 35.9 Å². The van der Waals surface area contributed by atoms with Gasteiger partial charge in [-0.25, -0.2) is 8.78 Å². The lowest BCUT2D eigenvalue weighted by Crippen LogP contribution is -2.28. The summed E-state index contributed by atoms with van der Waals surface area (Å²) in [7, 11) is 0. The van der Waals surface area contributed by atoms with Crippen molar-refractivity contribution in [1.29, 1.82) is 0 Å². The van der Waals surface area contributed by atoms with E-state index in [1.165, 1.54) is 18.2 Å². The smallest absolute Gasteiger partial charge is 0.188 e. The molecular formula is C17H11F2O4-. The number of hydrogen-bond acceptors (Lipinski definition) is 4. The van der Waals surface area contributed by atoms with Gasteiger partial charge in [0.05, 0.1) is 11.5 Å². The monoisotopic (exact) mass is 317 g/mol. The number of carbonyl (C=O) groups excluding carboxylic acids is 2. The molecular weight excluding hydrogens is 306 g/mol. The maximum atomic E-state index is 13.5. The molecule has 23 heavy (non-hydrogen) atoms. The SMILES string of the molecule is O=C([O-])COc1ccc(/C=C/C(=O)c2ccc(F)cc2F)cc1. The van der Waals surface area contributed by atoms with E-state index < -0.39 is 30.0 Å². The molecule has 0 saturated heterocycles. The third kappa shape index (κ3) is 4.74. The van der Waals surface area contributed by atoms with Crippen molar-refractivity contribution in [2.45, 2.75) is 0 Å². The zero-order valence-electron chi connectivity index (χ0n) is 11.8. The average Bonchev–Trinajstić information content (AvgIpc) is 2.51. The molecule has 0 spiro atoms. The highest BCUT2D eigenvalue weighted by atomic mass is 19.1. The molecule has 0 N–H and O–H groups in total. The second-order valence-corrected chi connectivity index (χ2v) is 4.55. The third-order valence-electron chi connectivity index (χ3n) is 2.86. The first kappa shape index (κ1) is 16.4. The molecule has 0 heterocycles. The molecule has 0 atom stereocenters. The molecule has 0 bridgehead atoms. The topological polar surface area (TPSA) is 66.4 Å². The summed E-state index contributed by atoms with van der Waals surface area (Å²) in [6.07, 6.45) is 2.61. The first-order chi connectivity index (χ1) is 11.0. The minimum atomic E-state index is -1.33. The van der Waals surface area contributed by atoms with Gasteiger partial charge < -0.3 is 14.6 Å². The minimum Gasteiger partial charge on any atom is -0.546 e. The molecule has 6 heteroatoms. The lowest BCUT2D eigenvalue weighted by molar-refractivity contribution is -0.307. The molecule has 0 fully saturated rings. The summed E-state index contributed by atoms with van der Waals surface area (Å²) in [6, 6.07) is 8.95. The van der Waals surface area contributed by atoms with Crippen LogP contribution in [0, 0.1) is 11.6 Å². The lowest BCUT2D eigenvalue weighted by Gasteiger charge is -2.06. The predicted molar refractivity (Wildman–Crippen MR) is 76.7 cm³/mol. The van der Waals surface area contributed by atoms with Crippen molar-refractivity contribution in [3.63, 3.8) is 0 Å². The van der Waals surface area contributed by atoms with E-state index in [0.717, 1.165) is 18.2 Å². The standard InChI is InChI=1S/C17H12F2O4/c18-12-4-7-14(15(19)9-12)16(20)8-3-11-1-5-13(6-2-11)23-10-17(21)22/h1-9H,10H2,(H,21,22)/p-1/b8-3+. The van der Waals surface area contributed by atoms with E-state index in [2.05, 4.69) is 0 Å². The maximum Gasteiger partial charge on any atom is 0.188 e. The van der Waals surface area contributed by atoms with Crippen molar-refractivity contribution >= 4 is 17.8 Å². The summed E-state index contributed by atoms with van der Waals surface area (Å²) in [6.45, 7) is -0.558. The van der Waals surface area contributed by atoms with Crippen molar-refractivity contribution < 1.29 is 28.2 Å². The van der Waals surface area contributed by atoms with E-state index in [1.807, 2.05) is 0 Å². The Balaban J connectivity index is 2.04. The fourth-order valence-electron chi connectivity index (χ4n) is 1.77. The average molecular weight is 317 g/mol. The zero-order chi connectivity index (χ0) is 16.8. The second kappa shape index (κ2) is 7.31. The van der Waals surface area contributed by atoms with Crippen LogP contribution in [0.25, 0.3) is 6.08 Å². The molecule has 2 aromatic rings. The minimum absolute atomic E-state index is 0.225. The predicted octanol–water partition coefficient (Wildman–Crippen LogP) is 1.99. The number of aliphatic carboxylic acids is 1. The van der Waals surface area contributed by atoms with Gasteiger partial charge in [0, 0.05) is 6.07 Å². The zero-order valence-corrected chi connectivity index (χ0v) is 11.8. The quantitative estimate of drug-likeness (QED) is 0.604. The Morgan fingerprint density at radius 2 is 1.78 bits per heavy atom. The van der Waals surface area contributed by atoms with Gasteiger partial charge in [0.1, 0.15) is 24.0 Å². The fraction of sp³-hybridized carbons (Fsp3) is 0.0588. The van der Waals surface area contributed by atoms with Crippen molar-refractivity contribution in [2.24, 2.45) is 0 Å². The van der Waals surface area contributed by atoms with E-state index in [9.17, 15) is 23.5 Å². The molecule has 0 aliphatic rings. The molecule has 0 unspecified atom stereocenters. The van der Waals surface area contributed by atoms with Crippen molar-refractivity contribution in [3.05, 3.63) is 71.3 Å². The van der Waals surface area contributed by atoms with Gasteiger partial charge in [-0.1, -0.05) is 18.2 Å². The highest BCUT2D eigenvalue weighted by Gasteiger charge is 2.09. The normalized spacial score (nSPS) is 10.7. The van der Waals surface area contributed by atoms with Crippen LogP contribution in [0.2, 0.25) is 0 Å². The van der Waals surface area contributed by atoms with Crippen LogP contribution in [0.15, 0.2) is 48.5 Å². The second-order valence-electron chi connectivity index (χ2n) is 4.55. The van der Waals surface area contributed by atoms with Crippen LogP contribution in [0.1, 0.15) is 15.9 Å². The molecule has 0 aromatic heterocycles. The lowest BCUT2D eigenvalue weighted by atomic mass is 10.1. The molecule has 0 aliphatic carbocycles. The molecule has 0 radical (unpaired) electrons. The van der Waals surface area contributed by atoms with Gasteiger partial charge in [0.25, 0.3) is 0 Å². The van der Waals surface area contributed by atoms with Crippen LogP contribution in [0.3, 0.4) is 0 Å². The number of carboxylic acids is 1.